The molecule has 0 radical (unpaired) electrons. The van der Waals surface area contributed by atoms with Gasteiger partial charge in [-0.1, -0.05) is 18.2 Å². The Balaban J connectivity index is 1.89. The predicted molar refractivity (Wildman–Crippen MR) is 72.6 cm³/mol. The zero-order valence-electron chi connectivity index (χ0n) is 10.7. The van der Waals surface area contributed by atoms with E-state index in [0.717, 1.165) is 16.8 Å². The molecule has 0 spiro atoms. The third-order valence-corrected chi connectivity index (χ3v) is 2.89. The molecule has 0 amide bonds. The first-order chi connectivity index (χ1) is 9.16. The second kappa shape index (κ2) is 6.06. The monoisotopic (exact) mass is 257 g/mol. The van der Waals surface area contributed by atoms with E-state index in [4.69, 9.17) is 0 Å². The van der Waals surface area contributed by atoms with Crippen molar-refractivity contribution in [3.05, 3.63) is 69.5 Å². The minimum absolute atomic E-state index is 0.115. The van der Waals surface area contributed by atoms with E-state index in [1.807, 2.05) is 19.1 Å². The van der Waals surface area contributed by atoms with E-state index in [0.29, 0.717) is 13.1 Å². The summed E-state index contributed by atoms with van der Waals surface area (Å²) in [6.07, 6.45) is 1.77. The highest BCUT2D eigenvalue weighted by Gasteiger charge is 2.04. The predicted octanol–water partition coefficient (Wildman–Crippen LogP) is 2.59. The molecule has 1 aromatic carbocycles. The van der Waals surface area contributed by atoms with Gasteiger partial charge in [-0.25, -0.2) is 0 Å². The molecule has 1 aromatic heterocycles. The van der Waals surface area contributed by atoms with Crippen LogP contribution in [0.3, 0.4) is 0 Å². The maximum absolute atomic E-state index is 10.5. The lowest BCUT2D eigenvalue weighted by molar-refractivity contribution is -0.384. The average Bonchev–Trinajstić information content (AvgIpc) is 2.41. The second-order valence-corrected chi connectivity index (χ2v) is 4.29. The molecule has 19 heavy (non-hydrogen) atoms. The van der Waals surface area contributed by atoms with Gasteiger partial charge in [0.25, 0.3) is 5.69 Å². The number of nitro groups is 1. The fraction of sp³-hybridized carbons (Fsp3) is 0.214. The molecule has 0 saturated carbocycles. The number of aryl methyl sites for hydroxylation is 1. The summed E-state index contributed by atoms with van der Waals surface area (Å²) in [5.41, 5.74) is 3.30. The van der Waals surface area contributed by atoms with Crippen molar-refractivity contribution in [3.8, 4) is 0 Å². The lowest BCUT2D eigenvalue weighted by Crippen LogP contribution is -2.14. The minimum atomic E-state index is -0.394. The van der Waals surface area contributed by atoms with Gasteiger partial charge in [0.2, 0.25) is 0 Å². The molecule has 5 heteroatoms. The van der Waals surface area contributed by atoms with Gasteiger partial charge in [0.05, 0.1) is 10.6 Å². The number of benzene rings is 1. The molecular formula is C14H15N3O2. The number of nitro benzene ring substituents is 1. The SMILES string of the molecule is Cc1cccnc1CNCc1ccc([N+](=O)[O-])cc1. The van der Waals surface area contributed by atoms with Crippen LogP contribution in [-0.4, -0.2) is 9.91 Å². The number of rotatable bonds is 5. The molecule has 5 nitrogen and oxygen atoms in total. The summed E-state index contributed by atoms with van der Waals surface area (Å²) in [5, 5.41) is 13.8. The molecule has 2 aromatic rings. The Morgan fingerprint density at radius 3 is 2.58 bits per heavy atom. The number of nitrogens with zero attached hydrogens (tertiary/aromatic N) is 2. The van der Waals surface area contributed by atoms with Crippen molar-refractivity contribution in [3.63, 3.8) is 0 Å². The quantitative estimate of drug-likeness (QED) is 0.660. The third kappa shape index (κ3) is 3.59. The van der Waals surface area contributed by atoms with Crippen LogP contribution in [-0.2, 0) is 13.1 Å². The fourth-order valence-electron chi connectivity index (χ4n) is 1.76. The van der Waals surface area contributed by atoms with Gasteiger partial charge in [0, 0.05) is 31.4 Å². The molecule has 0 bridgehead atoms. The van der Waals surface area contributed by atoms with Crippen molar-refractivity contribution in [2.45, 2.75) is 20.0 Å². The first kappa shape index (κ1) is 13.2. The summed E-state index contributed by atoms with van der Waals surface area (Å²) in [6.45, 7) is 3.37. The largest absolute Gasteiger partial charge is 0.307 e. The van der Waals surface area contributed by atoms with Crippen molar-refractivity contribution in [1.82, 2.24) is 10.3 Å². The smallest absolute Gasteiger partial charge is 0.269 e. The lowest BCUT2D eigenvalue weighted by atomic mass is 10.2. The standard InChI is InChI=1S/C14H15N3O2/c1-11-3-2-8-16-14(11)10-15-9-12-4-6-13(7-5-12)17(18)19/h2-8,15H,9-10H2,1H3. The molecule has 98 valence electrons. The molecule has 0 saturated heterocycles. The highest BCUT2D eigenvalue weighted by atomic mass is 16.6. The summed E-state index contributed by atoms with van der Waals surface area (Å²) in [4.78, 5) is 14.4. The molecule has 0 fully saturated rings. The fourth-order valence-corrected chi connectivity index (χ4v) is 1.76. The van der Waals surface area contributed by atoms with Crippen LogP contribution in [0, 0.1) is 17.0 Å². The van der Waals surface area contributed by atoms with Crippen LogP contribution in [0.15, 0.2) is 42.6 Å². The van der Waals surface area contributed by atoms with Crippen molar-refractivity contribution < 1.29 is 4.92 Å². The third-order valence-electron chi connectivity index (χ3n) is 2.89. The van der Waals surface area contributed by atoms with Gasteiger partial charge in [-0.05, 0) is 24.1 Å². The Kier molecular flexibility index (Phi) is 4.20. The van der Waals surface area contributed by atoms with Crippen LogP contribution in [0.4, 0.5) is 5.69 Å². The van der Waals surface area contributed by atoms with E-state index in [9.17, 15) is 10.1 Å². The van der Waals surface area contributed by atoms with Gasteiger partial charge >= 0.3 is 0 Å². The van der Waals surface area contributed by atoms with Crippen LogP contribution in [0.2, 0.25) is 0 Å². The van der Waals surface area contributed by atoms with Crippen LogP contribution >= 0.6 is 0 Å². The lowest BCUT2D eigenvalue weighted by Gasteiger charge is -2.06. The van der Waals surface area contributed by atoms with Gasteiger partial charge < -0.3 is 5.32 Å². The molecule has 1 N–H and O–H groups in total. The number of nitrogens with one attached hydrogen (secondary N) is 1. The summed E-state index contributed by atoms with van der Waals surface area (Å²) < 4.78 is 0. The highest BCUT2D eigenvalue weighted by molar-refractivity contribution is 5.32. The Hall–Kier alpha value is -2.27. The molecule has 0 aliphatic rings. The summed E-state index contributed by atoms with van der Waals surface area (Å²) in [6, 6.07) is 10.5. The van der Waals surface area contributed by atoms with Gasteiger partial charge in [-0.3, -0.25) is 15.1 Å². The molecule has 0 atom stereocenters. The van der Waals surface area contributed by atoms with E-state index in [2.05, 4.69) is 10.3 Å². The number of hydrogen-bond acceptors (Lipinski definition) is 4. The molecule has 0 aliphatic heterocycles. The van der Waals surface area contributed by atoms with Gasteiger partial charge in [0.15, 0.2) is 0 Å². The van der Waals surface area contributed by atoms with Gasteiger partial charge in [-0.15, -0.1) is 0 Å². The van der Waals surface area contributed by atoms with Crippen molar-refractivity contribution in [2.24, 2.45) is 0 Å². The summed E-state index contributed by atoms with van der Waals surface area (Å²) in [5.74, 6) is 0. The molecular weight excluding hydrogens is 242 g/mol. The summed E-state index contributed by atoms with van der Waals surface area (Å²) >= 11 is 0. The Morgan fingerprint density at radius 1 is 1.21 bits per heavy atom. The molecule has 2 rings (SSSR count). The van der Waals surface area contributed by atoms with E-state index in [-0.39, 0.29) is 5.69 Å². The van der Waals surface area contributed by atoms with Crippen LogP contribution in [0.5, 0.6) is 0 Å². The van der Waals surface area contributed by atoms with Crippen LogP contribution in [0.1, 0.15) is 16.8 Å². The minimum Gasteiger partial charge on any atom is -0.307 e. The maximum Gasteiger partial charge on any atom is 0.269 e. The first-order valence-electron chi connectivity index (χ1n) is 6.01. The highest BCUT2D eigenvalue weighted by Crippen LogP contribution is 2.11. The Morgan fingerprint density at radius 2 is 1.95 bits per heavy atom. The average molecular weight is 257 g/mol. The van der Waals surface area contributed by atoms with Crippen molar-refractivity contribution >= 4 is 5.69 Å². The topological polar surface area (TPSA) is 68.1 Å². The number of hydrogen-bond donors (Lipinski definition) is 1. The Bertz CT molecular complexity index is 567. The van der Waals surface area contributed by atoms with E-state index < -0.39 is 4.92 Å². The molecule has 0 aliphatic carbocycles. The number of non-ortho nitro benzene ring substituents is 1. The Labute approximate surface area is 111 Å². The zero-order valence-corrected chi connectivity index (χ0v) is 10.7. The summed E-state index contributed by atoms with van der Waals surface area (Å²) in [7, 11) is 0. The first-order valence-corrected chi connectivity index (χ1v) is 6.01. The van der Waals surface area contributed by atoms with Crippen LogP contribution < -0.4 is 5.32 Å². The zero-order chi connectivity index (χ0) is 13.7. The molecule has 1 heterocycles. The normalized spacial score (nSPS) is 10.4. The van der Waals surface area contributed by atoms with Crippen LogP contribution in [0.25, 0.3) is 0 Å². The number of aromatic nitrogens is 1. The second-order valence-electron chi connectivity index (χ2n) is 4.29. The van der Waals surface area contributed by atoms with Crippen molar-refractivity contribution in [2.75, 3.05) is 0 Å². The van der Waals surface area contributed by atoms with Gasteiger partial charge in [-0.2, -0.15) is 0 Å². The maximum atomic E-state index is 10.5. The van der Waals surface area contributed by atoms with Gasteiger partial charge in [0.1, 0.15) is 0 Å². The number of pyridine rings is 1. The van der Waals surface area contributed by atoms with Crippen molar-refractivity contribution in [1.29, 1.82) is 0 Å². The van der Waals surface area contributed by atoms with E-state index >= 15 is 0 Å². The van der Waals surface area contributed by atoms with E-state index in [1.165, 1.54) is 12.1 Å². The molecule has 0 unspecified atom stereocenters. The van der Waals surface area contributed by atoms with E-state index in [1.54, 1.807) is 18.3 Å².